The summed E-state index contributed by atoms with van der Waals surface area (Å²) in [7, 11) is 2.24. The van der Waals surface area contributed by atoms with Crippen LogP contribution in [0.3, 0.4) is 0 Å². The third-order valence-electron chi connectivity index (χ3n) is 3.11. The van der Waals surface area contributed by atoms with E-state index in [1.807, 2.05) is 0 Å². The predicted molar refractivity (Wildman–Crippen MR) is 49.7 cm³/mol. The van der Waals surface area contributed by atoms with Crippen molar-refractivity contribution < 1.29 is 0 Å². The van der Waals surface area contributed by atoms with Gasteiger partial charge in [-0.15, -0.1) is 0 Å². The lowest BCUT2D eigenvalue weighted by Gasteiger charge is -2.33. The van der Waals surface area contributed by atoms with E-state index in [1.54, 1.807) is 0 Å². The van der Waals surface area contributed by atoms with Crippen LogP contribution in [0.25, 0.3) is 0 Å². The van der Waals surface area contributed by atoms with Crippen LogP contribution in [-0.4, -0.2) is 25.0 Å². The van der Waals surface area contributed by atoms with E-state index in [-0.39, 0.29) is 0 Å². The molecule has 0 aromatic carbocycles. The molecule has 0 radical (unpaired) electrons. The molecule has 0 bridgehead atoms. The van der Waals surface area contributed by atoms with Gasteiger partial charge >= 0.3 is 0 Å². The molecule has 1 unspecified atom stereocenters. The summed E-state index contributed by atoms with van der Waals surface area (Å²) >= 11 is 0. The Morgan fingerprint density at radius 3 is 2.82 bits per heavy atom. The highest BCUT2D eigenvalue weighted by molar-refractivity contribution is 4.73. The first-order chi connectivity index (χ1) is 5.24. The van der Waals surface area contributed by atoms with E-state index in [4.69, 9.17) is 0 Å². The largest absolute Gasteiger partial charge is 0.306 e. The molecular weight excluding hydrogens is 134 g/mol. The molecule has 1 aliphatic rings. The third kappa shape index (κ3) is 2.48. The molecule has 0 saturated carbocycles. The molecule has 1 heterocycles. The van der Waals surface area contributed by atoms with Gasteiger partial charge in [-0.2, -0.15) is 0 Å². The number of rotatable bonds is 2. The number of hydrogen-bond acceptors (Lipinski definition) is 1. The monoisotopic (exact) mass is 155 g/mol. The number of piperidine rings is 1. The van der Waals surface area contributed by atoms with Crippen LogP contribution in [0.1, 0.15) is 33.1 Å². The van der Waals surface area contributed by atoms with Crippen LogP contribution in [0.2, 0.25) is 0 Å². The van der Waals surface area contributed by atoms with E-state index < -0.39 is 0 Å². The van der Waals surface area contributed by atoms with Crippen molar-refractivity contribution in [2.45, 2.75) is 33.1 Å². The highest BCUT2D eigenvalue weighted by atomic mass is 15.1. The van der Waals surface area contributed by atoms with Crippen molar-refractivity contribution in [3.63, 3.8) is 0 Å². The van der Waals surface area contributed by atoms with E-state index in [1.165, 1.54) is 32.4 Å². The fraction of sp³-hybridized carbons (Fsp3) is 1.00. The third-order valence-corrected chi connectivity index (χ3v) is 3.11. The van der Waals surface area contributed by atoms with Crippen LogP contribution >= 0.6 is 0 Å². The van der Waals surface area contributed by atoms with Crippen LogP contribution in [0.15, 0.2) is 0 Å². The van der Waals surface area contributed by atoms with Crippen molar-refractivity contribution in [2.24, 2.45) is 11.8 Å². The Bertz CT molecular complexity index is 111. The molecule has 0 aromatic heterocycles. The van der Waals surface area contributed by atoms with Crippen LogP contribution in [0, 0.1) is 11.8 Å². The fourth-order valence-electron chi connectivity index (χ4n) is 2.00. The first-order valence-corrected chi connectivity index (χ1v) is 4.92. The molecule has 1 saturated heterocycles. The summed E-state index contributed by atoms with van der Waals surface area (Å²) in [6.45, 7) is 7.34. The van der Waals surface area contributed by atoms with E-state index in [0.29, 0.717) is 0 Å². The molecule has 0 aliphatic carbocycles. The van der Waals surface area contributed by atoms with Gasteiger partial charge in [0.15, 0.2) is 0 Å². The van der Waals surface area contributed by atoms with Gasteiger partial charge in [-0.05, 0) is 38.3 Å². The normalized spacial score (nSPS) is 30.3. The minimum atomic E-state index is 0.928. The summed E-state index contributed by atoms with van der Waals surface area (Å²) in [4.78, 5) is 2.47. The molecule has 1 rings (SSSR count). The summed E-state index contributed by atoms with van der Waals surface area (Å²) < 4.78 is 0. The summed E-state index contributed by atoms with van der Waals surface area (Å²) in [5, 5.41) is 0. The number of likely N-dealkylation sites (tertiary alicyclic amines) is 1. The summed E-state index contributed by atoms with van der Waals surface area (Å²) in [6, 6.07) is 0. The van der Waals surface area contributed by atoms with E-state index >= 15 is 0 Å². The molecule has 66 valence electrons. The summed E-state index contributed by atoms with van der Waals surface area (Å²) in [5.74, 6) is 1.90. The first-order valence-electron chi connectivity index (χ1n) is 4.92. The van der Waals surface area contributed by atoms with E-state index in [2.05, 4.69) is 25.8 Å². The molecule has 11 heavy (non-hydrogen) atoms. The Morgan fingerprint density at radius 2 is 2.27 bits per heavy atom. The molecule has 1 heteroatoms. The molecule has 0 amide bonds. The van der Waals surface area contributed by atoms with Crippen molar-refractivity contribution in [3.05, 3.63) is 0 Å². The number of nitrogens with zero attached hydrogens (tertiary/aromatic N) is 1. The Labute approximate surface area is 70.8 Å². The maximum Gasteiger partial charge on any atom is 0.000916 e. The maximum absolute atomic E-state index is 2.47. The van der Waals surface area contributed by atoms with Gasteiger partial charge in [-0.1, -0.05) is 20.3 Å². The zero-order valence-corrected chi connectivity index (χ0v) is 8.14. The van der Waals surface area contributed by atoms with Gasteiger partial charge in [0.25, 0.3) is 0 Å². The second-order valence-electron chi connectivity index (χ2n) is 4.05. The van der Waals surface area contributed by atoms with Crippen molar-refractivity contribution in [1.82, 2.24) is 4.90 Å². The molecule has 2 atom stereocenters. The van der Waals surface area contributed by atoms with Gasteiger partial charge in [0.1, 0.15) is 0 Å². The van der Waals surface area contributed by atoms with E-state index in [9.17, 15) is 0 Å². The Balaban J connectivity index is 2.33. The van der Waals surface area contributed by atoms with Gasteiger partial charge < -0.3 is 4.90 Å². The number of hydrogen-bond donors (Lipinski definition) is 0. The van der Waals surface area contributed by atoms with Gasteiger partial charge in [0.05, 0.1) is 0 Å². The summed E-state index contributed by atoms with van der Waals surface area (Å²) in [5.41, 5.74) is 0. The van der Waals surface area contributed by atoms with Gasteiger partial charge in [-0.25, -0.2) is 0 Å². The van der Waals surface area contributed by atoms with Crippen molar-refractivity contribution in [3.8, 4) is 0 Å². The predicted octanol–water partition coefficient (Wildman–Crippen LogP) is 2.37. The highest BCUT2D eigenvalue weighted by Crippen LogP contribution is 2.24. The minimum Gasteiger partial charge on any atom is -0.306 e. The molecule has 1 fully saturated rings. The second kappa shape index (κ2) is 4.10. The van der Waals surface area contributed by atoms with Gasteiger partial charge in [-0.3, -0.25) is 0 Å². The lowest BCUT2D eigenvalue weighted by molar-refractivity contribution is 0.164. The Morgan fingerprint density at radius 1 is 1.55 bits per heavy atom. The average Bonchev–Trinajstić information content (AvgIpc) is 2.03. The molecule has 0 N–H and O–H groups in total. The average molecular weight is 155 g/mol. The maximum atomic E-state index is 2.47. The van der Waals surface area contributed by atoms with Crippen molar-refractivity contribution >= 4 is 0 Å². The van der Waals surface area contributed by atoms with Crippen LogP contribution < -0.4 is 0 Å². The standard InChI is InChI=1S/C10H21N/c1-4-9(2)10-6-5-7-11(3)8-10/h9-10H,4-8H2,1-3H3/t9?,10-/m0/s1. The molecule has 1 nitrogen and oxygen atoms in total. The Kier molecular flexibility index (Phi) is 3.38. The van der Waals surface area contributed by atoms with Crippen LogP contribution in [0.4, 0.5) is 0 Å². The van der Waals surface area contributed by atoms with Crippen molar-refractivity contribution in [2.75, 3.05) is 20.1 Å². The SMILES string of the molecule is CCC(C)[C@H]1CCCN(C)C1. The molecule has 1 aliphatic heterocycles. The quantitative estimate of drug-likeness (QED) is 0.592. The zero-order chi connectivity index (χ0) is 8.27. The van der Waals surface area contributed by atoms with E-state index in [0.717, 1.165) is 11.8 Å². The lowest BCUT2D eigenvalue weighted by atomic mass is 9.85. The smallest absolute Gasteiger partial charge is 0.000916 e. The topological polar surface area (TPSA) is 3.24 Å². The van der Waals surface area contributed by atoms with Crippen molar-refractivity contribution in [1.29, 1.82) is 0 Å². The van der Waals surface area contributed by atoms with Gasteiger partial charge in [0.2, 0.25) is 0 Å². The van der Waals surface area contributed by atoms with Crippen LogP contribution in [0.5, 0.6) is 0 Å². The second-order valence-corrected chi connectivity index (χ2v) is 4.05. The molecule has 0 spiro atoms. The molecule has 0 aromatic rings. The zero-order valence-electron chi connectivity index (χ0n) is 8.14. The highest BCUT2D eigenvalue weighted by Gasteiger charge is 2.20. The minimum absolute atomic E-state index is 0.928. The van der Waals surface area contributed by atoms with Gasteiger partial charge in [0, 0.05) is 6.54 Å². The first kappa shape index (κ1) is 9.05. The lowest BCUT2D eigenvalue weighted by Crippen LogP contribution is -2.34. The fourth-order valence-corrected chi connectivity index (χ4v) is 2.00. The van der Waals surface area contributed by atoms with Crippen LogP contribution in [-0.2, 0) is 0 Å². The Hall–Kier alpha value is -0.0400. The summed E-state index contributed by atoms with van der Waals surface area (Å²) in [6.07, 6.45) is 4.21. The molecular formula is C10H21N.